The van der Waals surface area contributed by atoms with E-state index in [1.807, 2.05) is 30.4 Å². The maximum absolute atomic E-state index is 12.2. The molecule has 0 N–H and O–H groups in total. The van der Waals surface area contributed by atoms with E-state index in [0.29, 0.717) is 22.3 Å². The molecule has 102 valence electrons. The van der Waals surface area contributed by atoms with Crippen molar-refractivity contribution in [3.05, 3.63) is 52.4 Å². The fourth-order valence-corrected chi connectivity index (χ4v) is 2.81. The number of benzene rings is 1. The molecule has 3 heterocycles. The molecule has 2 aliphatic rings. The molecule has 0 saturated heterocycles. The number of aromatic nitrogens is 4. The fourth-order valence-electron chi connectivity index (χ4n) is 2.81. The number of nitrogens with zero attached hydrogens (tertiary/aromatic N) is 5. The summed E-state index contributed by atoms with van der Waals surface area (Å²) in [6.45, 7) is 0. The van der Waals surface area contributed by atoms with E-state index in [1.165, 1.54) is 12.4 Å². The molecule has 3 aromatic rings. The number of hydrogen-bond donors (Lipinski definition) is 0. The van der Waals surface area contributed by atoms with Gasteiger partial charge in [0, 0.05) is 17.8 Å². The first-order valence-electron chi connectivity index (χ1n) is 6.74. The molecule has 6 heteroatoms. The molecular formula is C16H7N5O. The SMILES string of the molecule is O=C1N=c2c(nnc3cc4c(cc23)=CC=C4)-c2nccnc21. The van der Waals surface area contributed by atoms with Gasteiger partial charge in [0.1, 0.15) is 16.7 Å². The van der Waals surface area contributed by atoms with Gasteiger partial charge in [0.15, 0.2) is 5.69 Å². The number of fused-ring (bicyclic) bond motifs is 6. The summed E-state index contributed by atoms with van der Waals surface area (Å²) in [5, 5.41) is 10.9. The van der Waals surface area contributed by atoms with Crippen LogP contribution in [0.25, 0.3) is 34.4 Å². The van der Waals surface area contributed by atoms with Crippen molar-refractivity contribution in [2.24, 2.45) is 4.99 Å². The van der Waals surface area contributed by atoms with Crippen LogP contribution in [0.5, 0.6) is 0 Å². The van der Waals surface area contributed by atoms with E-state index >= 15 is 0 Å². The van der Waals surface area contributed by atoms with E-state index < -0.39 is 5.91 Å². The average molecular weight is 285 g/mol. The normalized spacial score (nSPS) is 14.1. The minimum Gasteiger partial charge on any atom is -0.265 e. The van der Waals surface area contributed by atoms with Gasteiger partial charge in [-0.05, 0) is 22.9 Å². The molecule has 1 aliphatic carbocycles. The highest BCUT2D eigenvalue weighted by Crippen LogP contribution is 2.20. The maximum Gasteiger partial charge on any atom is 0.298 e. The van der Waals surface area contributed by atoms with Crippen molar-refractivity contribution < 1.29 is 4.79 Å². The van der Waals surface area contributed by atoms with E-state index in [0.717, 1.165) is 16.2 Å². The van der Waals surface area contributed by atoms with Crippen LogP contribution in [-0.2, 0) is 0 Å². The Labute approximate surface area is 123 Å². The van der Waals surface area contributed by atoms with Gasteiger partial charge in [-0.25, -0.2) is 9.98 Å². The Morgan fingerprint density at radius 3 is 2.68 bits per heavy atom. The lowest BCUT2D eigenvalue weighted by molar-refractivity contribution is 0.0992. The van der Waals surface area contributed by atoms with Crippen LogP contribution < -0.4 is 10.6 Å². The van der Waals surface area contributed by atoms with E-state index in [2.05, 4.69) is 25.2 Å². The lowest BCUT2D eigenvalue weighted by Crippen LogP contribution is -2.23. The zero-order chi connectivity index (χ0) is 14.7. The van der Waals surface area contributed by atoms with Crippen LogP contribution in [0.3, 0.4) is 0 Å². The molecule has 0 atom stereocenters. The Bertz CT molecular complexity index is 1150. The second-order valence-electron chi connectivity index (χ2n) is 5.09. The molecule has 0 unspecified atom stereocenters. The molecule has 6 nitrogen and oxygen atoms in total. The average Bonchev–Trinajstić information content (AvgIpc) is 3.00. The van der Waals surface area contributed by atoms with Crippen molar-refractivity contribution in [1.82, 2.24) is 20.2 Å². The zero-order valence-electron chi connectivity index (χ0n) is 11.2. The Morgan fingerprint density at radius 2 is 1.77 bits per heavy atom. The van der Waals surface area contributed by atoms with Gasteiger partial charge < -0.3 is 0 Å². The highest BCUT2D eigenvalue weighted by molar-refractivity contribution is 6.02. The minimum absolute atomic E-state index is 0.220. The molecule has 0 radical (unpaired) electrons. The summed E-state index contributed by atoms with van der Waals surface area (Å²) in [4.78, 5) is 24.6. The van der Waals surface area contributed by atoms with Gasteiger partial charge in [-0.15, -0.1) is 10.2 Å². The van der Waals surface area contributed by atoms with Gasteiger partial charge in [0.25, 0.3) is 5.91 Å². The summed E-state index contributed by atoms with van der Waals surface area (Å²) >= 11 is 0. The standard InChI is InChI=1S/C16H7N5O/c22-16-15-13(17-4-5-18-15)14-12(19-16)10-6-8-2-1-3-9(8)7-11(10)20-21-14/h1-7H. The van der Waals surface area contributed by atoms with Crippen molar-refractivity contribution in [3.8, 4) is 11.4 Å². The highest BCUT2D eigenvalue weighted by atomic mass is 16.1. The number of carbonyl (C=O) groups is 1. The van der Waals surface area contributed by atoms with Crippen LogP contribution in [0.1, 0.15) is 16.1 Å². The van der Waals surface area contributed by atoms with E-state index in [9.17, 15) is 4.79 Å². The van der Waals surface area contributed by atoms with Crippen molar-refractivity contribution in [2.75, 3.05) is 0 Å². The van der Waals surface area contributed by atoms with Crippen LogP contribution in [0.4, 0.5) is 0 Å². The second kappa shape index (κ2) is 3.88. The molecule has 0 saturated carbocycles. The van der Waals surface area contributed by atoms with Crippen molar-refractivity contribution in [1.29, 1.82) is 0 Å². The molecule has 22 heavy (non-hydrogen) atoms. The Hall–Kier alpha value is -3.28. The first-order valence-corrected chi connectivity index (χ1v) is 6.74. The minimum atomic E-state index is -0.396. The van der Waals surface area contributed by atoms with Gasteiger partial charge >= 0.3 is 0 Å². The zero-order valence-corrected chi connectivity index (χ0v) is 11.2. The summed E-state index contributed by atoms with van der Waals surface area (Å²) < 4.78 is 0. The molecule has 0 spiro atoms. The number of carbonyl (C=O) groups excluding carboxylic acids is 1. The third-order valence-corrected chi connectivity index (χ3v) is 3.83. The predicted molar refractivity (Wildman–Crippen MR) is 79.2 cm³/mol. The van der Waals surface area contributed by atoms with Gasteiger partial charge in [0.2, 0.25) is 0 Å². The van der Waals surface area contributed by atoms with Gasteiger partial charge in [-0.1, -0.05) is 18.2 Å². The topological polar surface area (TPSA) is 81.0 Å². The first-order chi connectivity index (χ1) is 10.8. The summed E-state index contributed by atoms with van der Waals surface area (Å²) in [7, 11) is 0. The van der Waals surface area contributed by atoms with Crippen molar-refractivity contribution in [2.45, 2.75) is 0 Å². The van der Waals surface area contributed by atoms with Crippen LogP contribution in [-0.4, -0.2) is 26.1 Å². The smallest absolute Gasteiger partial charge is 0.265 e. The van der Waals surface area contributed by atoms with Crippen molar-refractivity contribution in [3.63, 3.8) is 0 Å². The van der Waals surface area contributed by atoms with Gasteiger partial charge in [-0.3, -0.25) is 9.78 Å². The predicted octanol–water partition coefficient (Wildman–Crippen LogP) is 0.667. The molecule has 0 fully saturated rings. The third kappa shape index (κ3) is 1.38. The van der Waals surface area contributed by atoms with Crippen molar-refractivity contribution >= 4 is 29.0 Å². The van der Waals surface area contributed by atoms with Gasteiger partial charge in [-0.2, -0.15) is 0 Å². The van der Waals surface area contributed by atoms with Crippen LogP contribution in [0.2, 0.25) is 0 Å². The molecule has 0 bridgehead atoms. The number of rotatable bonds is 0. The Balaban J connectivity index is 1.97. The third-order valence-electron chi connectivity index (χ3n) is 3.83. The fraction of sp³-hybridized carbons (Fsp3) is 0. The molecule has 2 aromatic heterocycles. The van der Waals surface area contributed by atoms with E-state index in [1.54, 1.807) is 0 Å². The number of allylic oxidation sites excluding steroid dienone is 1. The molecule has 1 aliphatic heterocycles. The lowest BCUT2D eigenvalue weighted by atomic mass is 10.1. The first kappa shape index (κ1) is 11.4. The quantitative estimate of drug-likeness (QED) is 0.606. The molecule has 1 aromatic carbocycles. The van der Waals surface area contributed by atoms with Gasteiger partial charge in [0.05, 0.1) is 5.52 Å². The summed E-state index contributed by atoms with van der Waals surface area (Å²) in [6, 6.07) is 3.93. The second-order valence-corrected chi connectivity index (χ2v) is 5.09. The highest BCUT2D eigenvalue weighted by Gasteiger charge is 2.24. The van der Waals surface area contributed by atoms with Crippen LogP contribution in [0, 0.1) is 0 Å². The Kier molecular flexibility index (Phi) is 2.01. The van der Waals surface area contributed by atoms with Crippen LogP contribution in [0.15, 0.2) is 35.6 Å². The van der Waals surface area contributed by atoms with E-state index in [4.69, 9.17) is 0 Å². The van der Waals surface area contributed by atoms with E-state index in [-0.39, 0.29) is 5.69 Å². The van der Waals surface area contributed by atoms with Crippen LogP contribution >= 0.6 is 0 Å². The maximum atomic E-state index is 12.2. The number of amides is 1. The molecular weight excluding hydrogens is 278 g/mol. The summed E-state index contributed by atoms with van der Waals surface area (Å²) in [6.07, 6.45) is 9.01. The summed E-state index contributed by atoms with van der Waals surface area (Å²) in [5.74, 6) is -0.396. The largest absolute Gasteiger partial charge is 0.298 e. The lowest BCUT2D eigenvalue weighted by Gasteiger charge is -2.10. The monoisotopic (exact) mass is 285 g/mol. The molecule has 1 amide bonds. The number of hydrogen-bond acceptors (Lipinski definition) is 5. The summed E-state index contributed by atoms with van der Waals surface area (Å²) in [5.41, 5.74) is 2.96. The molecule has 5 rings (SSSR count). The Morgan fingerprint density at radius 1 is 0.909 bits per heavy atom.